The van der Waals surface area contributed by atoms with Crippen molar-refractivity contribution < 1.29 is 4.74 Å². The molecule has 0 radical (unpaired) electrons. The van der Waals surface area contributed by atoms with Gasteiger partial charge in [-0.15, -0.1) is 5.10 Å². The van der Waals surface area contributed by atoms with E-state index >= 15 is 0 Å². The molecule has 1 N–H and O–H groups in total. The highest BCUT2D eigenvalue weighted by Crippen LogP contribution is 2.20. The van der Waals surface area contributed by atoms with E-state index in [0.717, 1.165) is 29.9 Å². The monoisotopic (exact) mass is 244 g/mol. The second-order valence-electron chi connectivity index (χ2n) is 4.53. The molecule has 1 fully saturated rings. The van der Waals surface area contributed by atoms with Gasteiger partial charge in [-0.1, -0.05) is 23.4 Å². The van der Waals surface area contributed by atoms with Gasteiger partial charge in [-0.2, -0.15) is 0 Å². The van der Waals surface area contributed by atoms with Crippen LogP contribution < -0.4 is 5.32 Å². The third kappa shape index (κ3) is 2.14. The number of nitrogens with zero attached hydrogens (tertiary/aromatic N) is 3. The number of aromatic nitrogens is 3. The first kappa shape index (κ1) is 11.4. The van der Waals surface area contributed by atoms with E-state index in [1.54, 1.807) is 7.11 Å². The van der Waals surface area contributed by atoms with E-state index in [4.69, 9.17) is 4.74 Å². The molecular weight excluding hydrogens is 228 g/mol. The Morgan fingerprint density at radius 3 is 3.06 bits per heavy atom. The zero-order valence-electron chi connectivity index (χ0n) is 10.3. The lowest BCUT2D eigenvalue weighted by Crippen LogP contribution is -2.43. The molecule has 1 aliphatic rings. The van der Waals surface area contributed by atoms with Crippen LogP contribution in [0.15, 0.2) is 30.5 Å². The SMILES string of the molecule is COCc1cccc(-c2cn(C3CNC3)nn2)c1. The molecule has 1 aromatic heterocycles. The fourth-order valence-electron chi connectivity index (χ4n) is 2.04. The van der Waals surface area contributed by atoms with E-state index in [2.05, 4.69) is 21.7 Å². The third-order valence-electron chi connectivity index (χ3n) is 3.18. The number of benzene rings is 1. The van der Waals surface area contributed by atoms with Crippen LogP contribution >= 0.6 is 0 Å². The van der Waals surface area contributed by atoms with E-state index in [9.17, 15) is 0 Å². The largest absolute Gasteiger partial charge is 0.380 e. The lowest BCUT2D eigenvalue weighted by molar-refractivity contribution is 0.185. The van der Waals surface area contributed by atoms with Crippen molar-refractivity contribution in [2.24, 2.45) is 0 Å². The zero-order valence-corrected chi connectivity index (χ0v) is 10.3. The van der Waals surface area contributed by atoms with Gasteiger partial charge in [0.15, 0.2) is 0 Å². The first-order valence-electron chi connectivity index (χ1n) is 6.07. The summed E-state index contributed by atoms with van der Waals surface area (Å²) in [5.74, 6) is 0. The summed E-state index contributed by atoms with van der Waals surface area (Å²) in [5.41, 5.74) is 3.15. The van der Waals surface area contributed by atoms with Gasteiger partial charge in [0.05, 0.1) is 18.8 Å². The molecule has 1 aromatic carbocycles. The topological polar surface area (TPSA) is 52.0 Å². The second-order valence-corrected chi connectivity index (χ2v) is 4.53. The van der Waals surface area contributed by atoms with Gasteiger partial charge in [-0.3, -0.25) is 0 Å². The van der Waals surface area contributed by atoms with E-state index in [1.807, 2.05) is 29.1 Å². The highest BCUT2D eigenvalue weighted by atomic mass is 16.5. The number of ether oxygens (including phenoxy) is 1. The maximum atomic E-state index is 5.14. The molecule has 0 unspecified atom stereocenters. The first-order chi connectivity index (χ1) is 8.86. The van der Waals surface area contributed by atoms with Crippen LogP contribution in [0.2, 0.25) is 0 Å². The molecule has 0 aliphatic carbocycles. The summed E-state index contributed by atoms with van der Waals surface area (Å²) in [7, 11) is 1.70. The predicted octanol–water partition coefficient (Wildman–Crippen LogP) is 1.24. The van der Waals surface area contributed by atoms with E-state index in [0.29, 0.717) is 12.6 Å². The number of methoxy groups -OCH3 is 1. The number of hydrogen-bond acceptors (Lipinski definition) is 4. The molecule has 18 heavy (non-hydrogen) atoms. The summed E-state index contributed by atoms with van der Waals surface area (Å²) in [6.07, 6.45) is 2.01. The highest BCUT2D eigenvalue weighted by molar-refractivity contribution is 5.58. The van der Waals surface area contributed by atoms with Crippen LogP contribution in [0.1, 0.15) is 11.6 Å². The molecule has 1 saturated heterocycles. The van der Waals surface area contributed by atoms with Crippen LogP contribution in [0.3, 0.4) is 0 Å². The van der Waals surface area contributed by atoms with Crippen LogP contribution in [-0.2, 0) is 11.3 Å². The van der Waals surface area contributed by atoms with Crippen molar-refractivity contribution in [2.45, 2.75) is 12.6 Å². The lowest BCUT2D eigenvalue weighted by Gasteiger charge is -2.26. The summed E-state index contributed by atoms with van der Waals surface area (Å²) in [6, 6.07) is 8.66. The average Bonchev–Trinajstić information content (AvgIpc) is 2.77. The van der Waals surface area contributed by atoms with Gasteiger partial charge in [-0.05, 0) is 11.6 Å². The molecule has 0 bridgehead atoms. The van der Waals surface area contributed by atoms with Gasteiger partial charge >= 0.3 is 0 Å². The second kappa shape index (κ2) is 4.88. The highest BCUT2D eigenvalue weighted by Gasteiger charge is 2.20. The summed E-state index contributed by atoms with van der Waals surface area (Å²) in [6.45, 7) is 2.58. The van der Waals surface area contributed by atoms with Crippen molar-refractivity contribution in [3.8, 4) is 11.3 Å². The van der Waals surface area contributed by atoms with Gasteiger partial charge in [-0.25, -0.2) is 4.68 Å². The Balaban J connectivity index is 1.84. The zero-order chi connectivity index (χ0) is 12.4. The Labute approximate surface area is 106 Å². The van der Waals surface area contributed by atoms with Gasteiger partial charge in [0.1, 0.15) is 5.69 Å². The van der Waals surface area contributed by atoms with Crippen molar-refractivity contribution >= 4 is 0 Å². The van der Waals surface area contributed by atoms with E-state index in [1.165, 1.54) is 0 Å². The third-order valence-corrected chi connectivity index (χ3v) is 3.18. The van der Waals surface area contributed by atoms with E-state index < -0.39 is 0 Å². The van der Waals surface area contributed by atoms with Crippen molar-refractivity contribution in [3.05, 3.63) is 36.0 Å². The molecule has 3 rings (SSSR count). The average molecular weight is 244 g/mol. The van der Waals surface area contributed by atoms with Gasteiger partial charge in [0.25, 0.3) is 0 Å². The standard InChI is InChI=1S/C13H16N4O/c1-18-9-10-3-2-4-11(5-10)13-8-17(16-15-13)12-6-14-7-12/h2-5,8,12,14H,6-7,9H2,1H3. The van der Waals surface area contributed by atoms with Crippen molar-refractivity contribution in [3.63, 3.8) is 0 Å². The van der Waals surface area contributed by atoms with Crippen molar-refractivity contribution in [1.29, 1.82) is 0 Å². The molecule has 0 spiro atoms. The van der Waals surface area contributed by atoms with Gasteiger partial charge in [0, 0.05) is 25.8 Å². The minimum Gasteiger partial charge on any atom is -0.380 e. The molecular formula is C13H16N4O. The quantitative estimate of drug-likeness (QED) is 0.879. The molecule has 2 heterocycles. The summed E-state index contributed by atoms with van der Waals surface area (Å²) < 4.78 is 7.08. The molecule has 2 aromatic rings. The Morgan fingerprint density at radius 2 is 2.33 bits per heavy atom. The molecule has 0 atom stereocenters. The van der Waals surface area contributed by atoms with Crippen LogP contribution in [-0.4, -0.2) is 35.2 Å². The normalized spacial score (nSPS) is 15.6. The van der Waals surface area contributed by atoms with Crippen LogP contribution in [0, 0.1) is 0 Å². The summed E-state index contributed by atoms with van der Waals surface area (Å²) in [4.78, 5) is 0. The summed E-state index contributed by atoms with van der Waals surface area (Å²) in [5, 5.41) is 11.7. The molecule has 1 aliphatic heterocycles. The summed E-state index contributed by atoms with van der Waals surface area (Å²) >= 11 is 0. The fourth-order valence-corrected chi connectivity index (χ4v) is 2.04. The molecule has 94 valence electrons. The molecule has 5 nitrogen and oxygen atoms in total. The minimum absolute atomic E-state index is 0.452. The Morgan fingerprint density at radius 1 is 1.44 bits per heavy atom. The Bertz CT molecular complexity index is 533. The number of hydrogen-bond donors (Lipinski definition) is 1. The van der Waals surface area contributed by atoms with Crippen molar-refractivity contribution in [1.82, 2.24) is 20.3 Å². The van der Waals surface area contributed by atoms with Gasteiger partial charge < -0.3 is 10.1 Å². The smallest absolute Gasteiger partial charge is 0.113 e. The van der Waals surface area contributed by atoms with Crippen molar-refractivity contribution in [2.75, 3.05) is 20.2 Å². The molecule has 0 amide bonds. The number of rotatable bonds is 4. The predicted molar refractivity (Wildman–Crippen MR) is 68.1 cm³/mol. The fraction of sp³-hybridized carbons (Fsp3) is 0.385. The maximum absolute atomic E-state index is 5.14. The first-order valence-corrected chi connectivity index (χ1v) is 6.07. The lowest BCUT2D eigenvalue weighted by atomic mass is 10.1. The number of nitrogens with one attached hydrogen (secondary N) is 1. The van der Waals surface area contributed by atoms with Crippen LogP contribution in [0.4, 0.5) is 0 Å². The molecule has 0 saturated carbocycles. The molecule has 5 heteroatoms. The van der Waals surface area contributed by atoms with Crippen LogP contribution in [0.5, 0.6) is 0 Å². The maximum Gasteiger partial charge on any atom is 0.113 e. The van der Waals surface area contributed by atoms with Crippen LogP contribution in [0.25, 0.3) is 11.3 Å². The minimum atomic E-state index is 0.452. The van der Waals surface area contributed by atoms with Gasteiger partial charge in [0.2, 0.25) is 0 Å². The Hall–Kier alpha value is -1.72. The Kier molecular flexibility index (Phi) is 3.08. The van der Waals surface area contributed by atoms with E-state index in [-0.39, 0.29) is 0 Å².